The number of alkyl halides is 3. The number of hydrogen-bond donors (Lipinski definition) is 1. The quantitative estimate of drug-likeness (QED) is 0.656. The van der Waals surface area contributed by atoms with E-state index in [0.717, 1.165) is 23.3 Å². The fraction of sp³-hybridized carbons (Fsp3) is 0.133. The Morgan fingerprint density at radius 3 is 2.52 bits per heavy atom. The lowest BCUT2D eigenvalue weighted by Crippen LogP contribution is -2.04. The average Bonchev–Trinajstić information content (AvgIpc) is 2.83. The van der Waals surface area contributed by atoms with Crippen LogP contribution < -0.4 is 0 Å². The highest BCUT2D eigenvalue weighted by Crippen LogP contribution is 2.32. The van der Waals surface area contributed by atoms with Crippen LogP contribution in [-0.2, 0) is 6.18 Å². The van der Waals surface area contributed by atoms with Gasteiger partial charge in [-0.2, -0.15) is 13.2 Å². The molecular formula is C15H10ClF3N2. The summed E-state index contributed by atoms with van der Waals surface area (Å²) in [5.41, 5.74) is 1.81. The first-order valence-electron chi connectivity index (χ1n) is 6.18. The molecule has 0 saturated heterocycles. The van der Waals surface area contributed by atoms with Crippen LogP contribution in [0.1, 0.15) is 11.1 Å². The molecule has 3 aromatic rings. The van der Waals surface area contributed by atoms with Gasteiger partial charge in [-0.15, -0.1) is 0 Å². The molecule has 0 aliphatic heterocycles. The zero-order valence-electron chi connectivity index (χ0n) is 10.9. The highest BCUT2D eigenvalue weighted by Gasteiger charge is 2.30. The zero-order valence-corrected chi connectivity index (χ0v) is 11.7. The van der Waals surface area contributed by atoms with Gasteiger partial charge in [-0.25, -0.2) is 4.98 Å². The molecule has 0 radical (unpaired) electrons. The summed E-state index contributed by atoms with van der Waals surface area (Å²) in [5.74, 6) is 0.518. The molecule has 21 heavy (non-hydrogen) atoms. The molecule has 1 heterocycles. The van der Waals surface area contributed by atoms with Crippen LogP contribution in [0.25, 0.3) is 22.4 Å². The van der Waals surface area contributed by atoms with E-state index in [4.69, 9.17) is 11.6 Å². The van der Waals surface area contributed by atoms with Crippen molar-refractivity contribution in [2.24, 2.45) is 0 Å². The Labute approximate surface area is 123 Å². The maximum atomic E-state index is 12.7. The second kappa shape index (κ2) is 4.77. The molecule has 6 heteroatoms. The summed E-state index contributed by atoms with van der Waals surface area (Å²) in [7, 11) is 0. The molecule has 1 N–H and O–H groups in total. The van der Waals surface area contributed by atoms with Gasteiger partial charge in [0.25, 0.3) is 0 Å². The Kier molecular flexibility index (Phi) is 3.17. The molecule has 0 saturated carbocycles. The molecule has 0 aliphatic rings. The van der Waals surface area contributed by atoms with Gasteiger partial charge in [0, 0.05) is 10.6 Å². The largest absolute Gasteiger partial charge is 0.416 e. The van der Waals surface area contributed by atoms with Crippen LogP contribution in [0.2, 0.25) is 5.02 Å². The molecule has 0 aliphatic carbocycles. The van der Waals surface area contributed by atoms with Crippen molar-refractivity contribution in [2.75, 3.05) is 0 Å². The molecule has 2 aromatic carbocycles. The van der Waals surface area contributed by atoms with Gasteiger partial charge < -0.3 is 4.98 Å². The van der Waals surface area contributed by atoms with Gasteiger partial charge in [-0.3, -0.25) is 0 Å². The number of aryl methyl sites for hydroxylation is 1. The predicted octanol–water partition coefficient (Wildman–Crippen LogP) is 5.21. The molecular weight excluding hydrogens is 301 g/mol. The van der Waals surface area contributed by atoms with E-state index in [9.17, 15) is 13.2 Å². The zero-order chi connectivity index (χ0) is 15.2. The Balaban J connectivity index is 2.10. The Morgan fingerprint density at radius 1 is 1.10 bits per heavy atom. The minimum absolute atomic E-state index is 0.354. The predicted molar refractivity (Wildman–Crippen MR) is 76.3 cm³/mol. The Bertz CT molecular complexity index is 821. The van der Waals surface area contributed by atoms with Crippen molar-refractivity contribution in [3.8, 4) is 11.4 Å². The fourth-order valence-electron chi connectivity index (χ4n) is 2.11. The summed E-state index contributed by atoms with van der Waals surface area (Å²) in [5, 5.41) is 0.634. The number of H-pyrrole nitrogens is 1. The first kappa shape index (κ1) is 13.9. The minimum atomic E-state index is -4.36. The molecule has 1 aromatic heterocycles. The van der Waals surface area contributed by atoms with Crippen LogP contribution in [0.3, 0.4) is 0 Å². The normalized spacial score (nSPS) is 12.0. The average molecular weight is 311 g/mol. The Morgan fingerprint density at radius 2 is 1.86 bits per heavy atom. The van der Waals surface area contributed by atoms with Crippen molar-refractivity contribution in [2.45, 2.75) is 13.1 Å². The topological polar surface area (TPSA) is 28.7 Å². The molecule has 3 rings (SSSR count). The first-order valence-corrected chi connectivity index (χ1v) is 6.56. The van der Waals surface area contributed by atoms with E-state index in [0.29, 0.717) is 21.9 Å². The second-order valence-corrected chi connectivity index (χ2v) is 5.19. The summed E-state index contributed by atoms with van der Waals surface area (Å²) in [6.45, 7) is 1.86. The van der Waals surface area contributed by atoms with Gasteiger partial charge in [0.05, 0.1) is 16.6 Å². The number of rotatable bonds is 1. The maximum absolute atomic E-state index is 12.7. The van der Waals surface area contributed by atoms with Gasteiger partial charge in [-0.1, -0.05) is 11.6 Å². The van der Waals surface area contributed by atoms with E-state index in [1.54, 1.807) is 12.1 Å². The van der Waals surface area contributed by atoms with Gasteiger partial charge >= 0.3 is 6.18 Å². The third-order valence-corrected chi connectivity index (χ3v) is 3.66. The molecule has 0 atom stereocenters. The first-order chi connectivity index (χ1) is 9.84. The van der Waals surface area contributed by atoms with Gasteiger partial charge in [0.2, 0.25) is 0 Å². The number of hydrogen-bond acceptors (Lipinski definition) is 1. The fourth-order valence-corrected chi connectivity index (χ4v) is 2.23. The van der Waals surface area contributed by atoms with E-state index < -0.39 is 11.7 Å². The highest BCUT2D eigenvalue weighted by molar-refractivity contribution is 6.31. The number of nitrogens with zero attached hydrogens (tertiary/aromatic N) is 1. The van der Waals surface area contributed by atoms with E-state index in [1.807, 2.05) is 13.0 Å². The third-order valence-electron chi connectivity index (χ3n) is 3.24. The number of halogens is 4. The Hall–Kier alpha value is -2.01. The summed E-state index contributed by atoms with van der Waals surface area (Å²) >= 11 is 5.96. The second-order valence-electron chi connectivity index (χ2n) is 4.78. The standard InChI is InChI=1S/C15H10ClF3N2/c1-8-6-9(2-4-11(8)16)14-20-12-5-3-10(15(17,18)19)7-13(12)21-14/h2-7H,1H3,(H,20,21). The molecule has 108 valence electrons. The smallest absolute Gasteiger partial charge is 0.338 e. The lowest BCUT2D eigenvalue weighted by molar-refractivity contribution is -0.137. The number of aromatic nitrogens is 2. The molecule has 0 amide bonds. The number of fused-ring (bicyclic) bond motifs is 1. The molecule has 0 fully saturated rings. The van der Waals surface area contributed by atoms with E-state index in [-0.39, 0.29) is 0 Å². The van der Waals surface area contributed by atoms with Crippen LogP contribution in [-0.4, -0.2) is 9.97 Å². The van der Waals surface area contributed by atoms with Crippen molar-refractivity contribution in [3.63, 3.8) is 0 Å². The number of aromatic amines is 1. The van der Waals surface area contributed by atoms with Crippen molar-refractivity contribution < 1.29 is 13.2 Å². The lowest BCUT2D eigenvalue weighted by atomic mass is 10.1. The summed E-state index contributed by atoms with van der Waals surface area (Å²) < 4.78 is 38.1. The van der Waals surface area contributed by atoms with Crippen LogP contribution in [0.15, 0.2) is 36.4 Å². The molecule has 0 spiro atoms. The van der Waals surface area contributed by atoms with Crippen LogP contribution in [0.4, 0.5) is 13.2 Å². The third kappa shape index (κ3) is 2.61. The van der Waals surface area contributed by atoms with Crippen molar-refractivity contribution in [3.05, 3.63) is 52.5 Å². The summed E-state index contributed by atoms with van der Waals surface area (Å²) in [4.78, 5) is 7.23. The van der Waals surface area contributed by atoms with E-state index >= 15 is 0 Å². The minimum Gasteiger partial charge on any atom is -0.338 e. The molecule has 0 bridgehead atoms. The lowest BCUT2D eigenvalue weighted by Gasteiger charge is -2.05. The van der Waals surface area contributed by atoms with Crippen LogP contribution in [0.5, 0.6) is 0 Å². The summed E-state index contributed by atoms with van der Waals surface area (Å²) in [6, 6.07) is 8.80. The SMILES string of the molecule is Cc1cc(-c2nc3ccc(C(F)(F)F)cc3[nH]2)ccc1Cl. The number of imidazole rings is 1. The van der Waals surface area contributed by atoms with E-state index in [2.05, 4.69) is 9.97 Å². The van der Waals surface area contributed by atoms with Crippen molar-refractivity contribution in [1.29, 1.82) is 0 Å². The summed E-state index contributed by atoms with van der Waals surface area (Å²) in [6.07, 6.45) is -4.36. The van der Waals surface area contributed by atoms with Crippen LogP contribution >= 0.6 is 11.6 Å². The molecule has 0 unspecified atom stereocenters. The highest BCUT2D eigenvalue weighted by atomic mass is 35.5. The van der Waals surface area contributed by atoms with E-state index in [1.165, 1.54) is 6.07 Å². The maximum Gasteiger partial charge on any atom is 0.416 e. The van der Waals surface area contributed by atoms with Crippen molar-refractivity contribution >= 4 is 22.6 Å². The van der Waals surface area contributed by atoms with Gasteiger partial charge in [-0.05, 0) is 48.9 Å². The number of nitrogens with one attached hydrogen (secondary N) is 1. The van der Waals surface area contributed by atoms with Gasteiger partial charge in [0.15, 0.2) is 0 Å². The van der Waals surface area contributed by atoms with Crippen LogP contribution in [0, 0.1) is 6.92 Å². The number of benzene rings is 2. The monoisotopic (exact) mass is 310 g/mol. The van der Waals surface area contributed by atoms with Crippen molar-refractivity contribution in [1.82, 2.24) is 9.97 Å². The molecule has 2 nitrogen and oxygen atoms in total. The van der Waals surface area contributed by atoms with Gasteiger partial charge in [0.1, 0.15) is 5.82 Å².